The zero-order valence-corrected chi connectivity index (χ0v) is 10.7. The monoisotopic (exact) mass is 212 g/mol. The van der Waals surface area contributed by atoms with Crippen molar-refractivity contribution in [2.24, 2.45) is 17.8 Å². The Kier molecular flexibility index (Phi) is 5.66. The highest BCUT2D eigenvalue weighted by Gasteiger charge is 2.31. The molecule has 0 aliphatic heterocycles. The molecule has 0 aromatic carbocycles. The quantitative estimate of drug-likeness (QED) is 0.730. The van der Waals surface area contributed by atoms with Gasteiger partial charge in [0, 0.05) is 0 Å². The van der Waals surface area contributed by atoms with Crippen LogP contribution in [0.2, 0.25) is 0 Å². The van der Waals surface area contributed by atoms with Gasteiger partial charge in [-0.2, -0.15) is 0 Å². The molecule has 1 nitrogen and oxygen atoms in total. The van der Waals surface area contributed by atoms with Gasteiger partial charge < -0.3 is 5.11 Å². The van der Waals surface area contributed by atoms with Crippen molar-refractivity contribution < 1.29 is 5.11 Å². The van der Waals surface area contributed by atoms with Crippen LogP contribution < -0.4 is 0 Å². The maximum absolute atomic E-state index is 10.4. The standard InChI is InChI=1S/C14H28O/c1-4-8-11(3)14(15)13-10-7-6-9-12(13)5-2/h11-15H,4-10H2,1-3H3. The third kappa shape index (κ3) is 3.48. The molecule has 0 radical (unpaired) electrons. The van der Waals surface area contributed by atoms with E-state index in [1.54, 1.807) is 0 Å². The van der Waals surface area contributed by atoms with E-state index < -0.39 is 0 Å². The fourth-order valence-electron chi connectivity index (χ4n) is 3.24. The largest absolute Gasteiger partial charge is 0.393 e. The molecule has 0 spiro atoms. The summed E-state index contributed by atoms with van der Waals surface area (Å²) in [6.07, 6.45) is 8.89. The van der Waals surface area contributed by atoms with Gasteiger partial charge in [0.2, 0.25) is 0 Å². The predicted octanol–water partition coefficient (Wildman–Crippen LogP) is 4.00. The average Bonchev–Trinajstić information content (AvgIpc) is 2.28. The molecule has 1 aliphatic carbocycles. The Morgan fingerprint density at radius 1 is 1.20 bits per heavy atom. The Labute approximate surface area is 95.3 Å². The molecule has 1 rings (SSSR count). The first-order chi connectivity index (χ1) is 7.20. The average molecular weight is 212 g/mol. The Hall–Kier alpha value is -0.0400. The highest BCUT2D eigenvalue weighted by Crippen LogP contribution is 2.37. The second-order valence-corrected chi connectivity index (χ2v) is 5.37. The van der Waals surface area contributed by atoms with Gasteiger partial charge in [-0.15, -0.1) is 0 Å². The van der Waals surface area contributed by atoms with E-state index >= 15 is 0 Å². The molecule has 1 aliphatic rings. The summed E-state index contributed by atoms with van der Waals surface area (Å²) in [6, 6.07) is 0. The molecule has 4 atom stereocenters. The Morgan fingerprint density at radius 2 is 1.87 bits per heavy atom. The van der Waals surface area contributed by atoms with Crippen molar-refractivity contribution in [3.8, 4) is 0 Å². The van der Waals surface area contributed by atoms with Crippen LogP contribution in [0.4, 0.5) is 0 Å². The van der Waals surface area contributed by atoms with Crippen molar-refractivity contribution in [3.63, 3.8) is 0 Å². The van der Waals surface area contributed by atoms with Gasteiger partial charge >= 0.3 is 0 Å². The smallest absolute Gasteiger partial charge is 0.0596 e. The summed E-state index contributed by atoms with van der Waals surface area (Å²) in [4.78, 5) is 0. The first-order valence-corrected chi connectivity index (χ1v) is 6.88. The summed E-state index contributed by atoms with van der Waals surface area (Å²) in [5.41, 5.74) is 0. The van der Waals surface area contributed by atoms with E-state index in [1.165, 1.54) is 44.9 Å². The number of hydrogen-bond donors (Lipinski definition) is 1. The molecule has 1 N–H and O–H groups in total. The molecule has 0 saturated heterocycles. The predicted molar refractivity (Wildman–Crippen MR) is 65.8 cm³/mol. The molecule has 1 saturated carbocycles. The van der Waals surface area contributed by atoms with E-state index in [0.717, 1.165) is 5.92 Å². The number of aliphatic hydroxyl groups is 1. The van der Waals surface area contributed by atoms with Crippen LogP contribution in [0.3, 0.4) is 0 Å². The molecule has 15 heavy (non-hydrogen) atoms. The molecule has 0 heterocycles. The Morgan fingerprint density at radius 3 is 2.47 bits per heavy atom. The van der Waals surface area contributed by atoms with Gasteiger partial charge in [-0.3, -0.25) is 0 Å². The minimum absolute atomic E-state index is 0.0461. The SMILES string of the molecule is CCCC(C)C(O)C1CCCCC1CC. The first kappa shape index (κ1) is 13.0. The number of aliphatic hydroxyl groups excluding tert-OH is 1. The van der Waals surface area contributed by atoms with Crippen molar-refractivity contribution >= 4 is 0 Å². The van der Waals surface area contributed by atoms with E-state index in [2.05, 4.69) is 20.8 Å². The Balaban J connectivity index is 2.50. The molecule has 0 aromatic rings. The Bertz CT molecular complexity index is 167. The van der Waals surface area contributed by atoms with Gasteiger partial charge in [-0.1, -0.05) is 52.9 Å². The summed E-state index contributed by atoms with van der Waals surface area (Å²) in [5, 5.41) is 10.4. The van der Waals surface area contributed by atoms with E-state index in [1.807, 2.05) is 0 Å². The van der Waals surface area contributed by atoms with E-state index in [9.17, 15) is 5.11 Å². The van der Waals surface area contributed by atoms with Gasteiger partial charge in [-0.05, 0) is 30.6 Å². The van der Waals surface area contributed by atoms with Crippen LogP contribution >= 0.6 is 0 Å². The fraction of sp³-hybridized carbons (Fsp3) is 1.00. The summed E-state index contributed by atoms with van der Waals surface area (Å²) in [5.74, 6) is 1.87. The number of hydrogen-bond acceptors (Lipinski definition) is 1. The van der Waals surface area contributed by atoms with Gasteiger partial charge in [-0.25, -0.2) is 0 Å². The molecular weight excluding hydrogens is 184 g/mol. The van der Waals surface area contributed by atoms with Gasteiger partial charge in [0.1, 0.15) is 0 Å². The highest BCUT2D eigenvalue weighted by atomic mass is 16.3. The van der Waals surface area contributed by atoms with Crippen molar-refractivity contribution in [2.75, 3.05) is 0 Å². The lowest BCUT2D eigenvalue weighted by atomic mass is 9.72. The number of rotatable bonds is 5. The topological polar surface area (TPSA) is 20.2 Å². The van der Waals surface area contributed by atoms with E-state index in [0.29, 0.717) is 11.8 Å². The van der Waals surface area contributed by atoms with E-state index in [-0.39, 0.29) is 6.10 Å². The zero-order valence-electron chi connectivity index (χ0n) is 10.7. The fourth-order valence-corrected chi connectivity index (χ4v) is 3.24. The lowest BCUT2D eigenvalue weighted by Crippen LogP contribution is -2.34. The third-order valence-corrected chi connectivity index (χ3v) is 4.26. The van der Waals surface area contributed by atoms with Crippen LogP contribution in [0, 0.1) is 17.8 Å². The van der Waals surface area contributed by atoms with E-state index in [4.69, 9.17) is 0 Å². The van der Waals surface area contributed by atoms with Crippen LogP contribution in [-0.4, -0.2) is 11.2 Å². The highest BCUT2D eigenvalue weighted by molar-refractivity contribution is 4.82. The minimum atomic E-state index is -0.0461. The third-order valence-electron chi connectivity index (χ3n) is 4.26. The summed E-state index contributed by atoms with van der Waals surface area (Å²) in [6.45, 7) is 6.71. The molecule has 0 aromatic heterocycles. The summed E-state index contributed by atoms with van der Waals surface area (Å²) >= 11 is 0. The first-order valence-electron chi connectivity index (χ1n) is 6.88. The van der Waals surface area contributed by atoms with Crippen molar-refractivity contribution in [1.29, 1.82) is 0 Å². The van der Waals surface area contributed by atoms with Crippen LogP contribution in [-0.2, 0) is 0 Å². The van der Waals surface area contributed by atoms with Crippen molar-refractivity contribution in [2.45, 2.75) is 71.8 Å². The lowest BCUT2D eigenvalue weighted by Gasteiger charge is -2.36. The van der Waals surface area contributed by atoms with Crippen molar-refractivity contribution in [1.82, 2.24) is 0 Å². The lowest BCUT2D eigenvalue weighted by molar-refractivity contribution is 0.00618. The van der Waals surface area contributed by atoms with Gasteiger partial charge in [0.25, 0.3) is 0 Å². The van der Waals surface area contributed by atoms with Crippen molar-refractivity contribution in [3.05, 3.63) is 0 Å². The molecule has 4 unspecified atom stereocenters. The van der Waals surface area contributed by atoms with Crippen LogP contribution in [0.25, 0.3) is 0 Å². The van der Waals surface area contributed by atoms with Crippen LogP contribution in [0.15, 0.2) is 0 Å². The maximum Gasteiger partial charge on any atom is 0.0596 e. The summed E-state index contributed by atoms with van der Waals surface area (Å²) < 4.78 is 0. The molecule has 90 valence electrons. The molecule has 0 bridgehead atoms. The van der Waals surface area contributed by atoms with Crippen LogP contribution in [0.1, 0.15) is 65.7 Å². The van der Waals surface area contributed by atoms with Gasteiger partial charge in [0.05, 0.1) is 6.10 Å². The molecular formula is C14H28O. The minimum Gasteiger partial charge on any atom is -0.393 e. The molecule has 0 amide bonds. The second-order valence-electron chi connectivity index (χ2n) is 5.37. The van der Waals surface area contributed by atoms with Crippen LogP contribution in [0.5, 0.6) is 0 Å². The molecule has 1 fully saturated rings. The normalized spacial score (nSPS) is 31.2. The summed E-state index contributed by atoms with van der Waals surface area (Å²) in [7, 11) is 0. The molecule has 1 heteroatoms. The second kappa shape index (κ2) is 6.52. The zero-order chi connectivity index (χ0) is 11.3. The van der Waals surface area contributed by atoms with Gasteiger partial charge in [0.15, 0.2) is 0 Å². The maximum atomic E-state index is 10.4.